The topological polar surface area (TPSA) is 49.8 Å². The lowest BCUT2D eigenvalue weighted by Gasteiger charge is -2.19. The molecule has 0 amide bonds. The number of rotatable bonds is 3. The summed E-state index contributed by atoms with van der Waals surface area (Å²) in [5, 5.41) is 7.01. The second kappa shape index (κ2) is 5.55. The van der Waals surface area contributed by atoms with Gasteiger partial charge < -0.3 is 10.6 Å². The molecule has 1 aromatic heterocycles. The van der Waals surface area contributed by atoms with Gasteiger partial charge in [-0.3, -0.25) is 0 Å². The van der Waals surface area contributed by atoms with E-state index in [4.69, 9.17) is 11.6 Å². The third kappa shape index (κ3) is 2.85. The Morgan fingerprint density at radius 1 is 1.21 bits per heavy atom. The van der Waals surface area contributed by atoms with Crippen LogP contribution in [0.1, 0.15) is 16.8 Å². The zero-order chi connectivity index (χ0) is 13.1. The molecule has 0 bridgehead atoms. The van der Waals surface area contributed by atoms with Gasteiger partial charge in [0, 0.05) is 31.6 Å². The van der Waals surface area contributed by atoms with Crippen molar-refractivity contribution in [3.8, 4) is 0 Å². The van der Waals surface area contributed by atoms with Gasteiger partial charge in [0.25, 0.3) is 0 Å². The van der Waals surface area contributed by atoms with Crippen LogP contribution in [-0.2, 0) is 19.5 Å². The fourth-order valence-electron chi connectivity index (χ4n) is 2.24. The maximum atomic E-state index is 5.98. The Morgan fingerprint density at radius 2 is 2.05 bits per heavy atom. The van der Waals surface area contributed by atoms with E-state index < -0.39 is 0 Å². The Morgan fingerprint density at radius 3 is 2.89 bits per heavy atom. The average Bonchev–Trinajstić information content (AvgIpc) is 2.45. The number of anilines is 1. The van der Waals surface area contributed by atoms with E-state index in [1.165, 1.54) is 5.56 Å². The van der Waals surface area contributed by atoms with Crippen molar-refractivity contribution < 1.29 is 0 Å². The fraction of sp³-hybridized carbons (Fsp3) is 0.286. The number of fused-ring (bicyclic) bond motifs is 1. The molecular formula is C14H15ClN4. The molecule has 0 radical (unpaired) electrons. The number of halogens is 1. The highest BCUT2D eigenvalue weighted by atomic mass is 35.5. The maximum Gasteiger partial charge on any atom is 0.224 e. The Balaban J connectivity index is 1.82. The van der Waals surface area contributed by atoms with Crippen LogP contribution < -0.4 is 10.6 Å². The van der Waals surface area contributed by atoms with Gasteiger partial charge in [0.05, 0.1) is 5.69 Å². The molecule has 19 heavy (non-hydrogen) atoms. The van der Waals surface area contributed by atoms with E-state index in [0.717, 1.165) is 43.1 Å². The lowest BCUT2D eigenvalue weighted by Crippen LogP contribution is -2.26. The summed E-state index contributed by atoms with van der Waals surface area (Å²) in [5.41, 5.74) is 3.40. The van der Waals surface area contributed by atoms with Crippen LogP contribution in [0.5, 0.6) is 0 Å². The van der Waals surface area contributed by atoms with E-state index in [2.05, 4.69) is 32.7 Å². The Kier molecular flexibility index (Phi) is 3.62. The first-order valence-corrected chi connectivity index (χ1v) is 6.74. The van der Waals surface area contributed by atoms with Crippen molar-refractivity contribution in [3.05, 3.63) is 52.4 Å². The van der Waals surface area contributed by atoms with Crippen LogP contribution in [0.2, 0.25) is 5.28 Å². The van der Waals surface area contributed by atoms with Gasteiger partial charge in [-0.25, -0.2) is 9.97 Å². The van der Waals surface area contributed by atoms with E-state index in [1.54, 1.807) is 0 Å². The van der Waals surface area contributed by atoms with Gasteiger partial charge in [0.15, 0.2) is 0 Å². The molecule has 2 aromatic rings. The lowest BCUT2D eigenvalue weighted by atomic mass is 10.1. The molecule has 2 heterocycles. The first-order valence-electron chi connectivity index (χ1n) is 6.37. The normalized spacial score (nSPS) is 13.9. The van der Waals surface area contributed by atoms with Crippen LogP contribution in [0.15, 0.2) is 30.3 Å². The van der Waals surface area contributed by atoms with Crippen molar-refractivity contribution in [3.63, 3.8) is 0 Å². The highest BCUT2D eigenvalue weighted by molar-refractivity contribution is 6.28. The molecule has 1 aromatic carbocycles. The minimum absolute atomic E-state index is 0.316. The van der Waals surface area contributed by atoms with Crippen molar-refractivity contribution in [1.82, 2.24) is 15.3 Å². The van der Waals surface area contributed by atoms with Gasteiger partial charge in [-0.1, -0.05) is 30.3 Å². The molecule has 0 fully saturated rings. The van der Waals surface area contributed by atoms with Gasteiger partial charge in [0.2, 0.25) is 5.28 Å². The Bertz CT molecular complexity index is 571. The molecule has 0 saturated heterocycles. The summed E-state index contributed by atoms with van der Waals surface area (Å²) >= 11 is 5.98. The van der Waals surface area contributed by atoms with Gasteiger partial charge in [-0.05, 0) is 17.2 Å². The molecule has 5 heteroatoms. The molecule has 0 unspecified atom stereocenters. The zero-order valence-electron chi connectivity index (χ0n) is 10.5. The summed E-state index contributed by atoms with van der Waals surface area (Å²) in [6.45, 7) is 2.47. The number of aromatic nitrogens is 2. The van der Waals surface area contributed by atoms with Gasteiger partial charge in [-0.2, -0.15) is 0 Å². The molecule has 1 aliphatic rings. The second-order valence-corrected chi connectivity index (χ2v) is 4.87. The van der Waals surface area contributed by atoms with Crippen molar-refractivity contribution in [1.29, 1.82) is 0 Å². The van der Waals surface area contributed by atoms with E-state index in [9.17, 15) is 0 Å². The maximum absolute atomic E-state index is 5.98. The van der Waals surface area contributed by atoms with E-state index in [0.29, 0.717) is 5.28 Å². The minimum atomic E-state index is 0.316. The zero-order valence-corrected chi connectivity index (χ0v) is 11.2. The highest BCUT2D eigenvalue weighted by Crippen LogP contribution is 2.22. The van der Waals surface area contributed by atoms with Gasteiger partial charge in [0.1, 0.15) is 5.82 Å². The molecule has 4 nitrogen and oxygen atoms in total. The molecule has 98 valence electrons. The van der Waals surface area contributed by atoms with E-state index >= 15 is 0 Å². The monoisotopic (exact) mass is 274 g/mol. The van der Waals surface area contributed by atoms with Gasteiger partial charge >= 0.3 is 0 Å². The summed E-state index contributed by atoms with van der Waals surface area (Å²) in [5.74, 6) is 0.839. The molecular weight excluding hydrogens is 260 g/mol. The van der Waals surface area contributed by atoms with Crippen LogP contribution >= 0.6 is 11.6 Å². The van der Waals surface area contributed by atoms with Crippen LogP contribution in [0.25, 0.3) is 0 Å². The van der Waals surface area contributed by atoms with Crippen LogP contribution in [-0.4, -0.2) is 16.5 Å². The lowest BCUT2D eigenvalue weighted by molar-refractivity contribution is 0.627. The van der Waals surface area contributed by atoms with Crippen LogP contribution in [0, 0.1) is 0 Å². The largest absolute Gasteiger partial charge is 0.366 e. The quantitative estimate of drug-likeness (QED) is 0.844. The number of hydrogen-bond donors (Lipinski definition) is 2. The first kappa shape index (κ1) is 12.4. The summed E-state index contributed by atoms with van der Waals surface area (Å²) < 4.78 is 0. The molecule has 0 spiro atoms. The SMILES string of the molecule is Clc1nc2c(c(NCc3ccccc3)n1)CNCC2. The smallest absolute Gasteiger partial charge is 0.224 e. The third-order valence-corrected chi connectivity index (χ3v) is 3.38. The third-order valence-electron chi connectivity index (χ3n) is 3.21. The van der Waals surface area contributed by atoms with Crippen LogP contribution in [0.4, 0.5) is 5.82 Å². The van der Waals surface area contributed by atoms with Crippen LogP contribution in [0.3, 0.4) is 0 Å². The predicted molar refractivity (Wildman–Crippen MR) is 76.2 cm³/mol. The molecule has 2 N–H and O–H groups in total. The second-order valence-electron chi connectivity index (χ2n) is 4.53. The highest BCUT2D eigenvalue weighted by Gasteiger charge is 2.16. The number of nitrogens with one attached hydrogen (secondary N) is 2. The van der Waals surface area contributed by atoms with Gasteiger partial charge in [-0.15, -0.1) is 0 Å². The summed E-state index contributed by atoms with van der Waals surface area (Å²) in [7, 11) is 0. The molecule has 3 rings (SSSR count). The average molecular weight is 275 g/mol. The van der Waals surface area contributed by atoms with Crippen molar-refractivity contribution >= 4 is 17.4 Å². The van der Waals surface area contributed by atoms with Crippen molar-refractivity contribution in [2.24, 2.45) is 0 Å². The van der Waals surface area contributed by atoms with E-state index in [1.807, 2.05) is 18.2 Å². The first-order chi connectivity index (χ1) is 9.33. The van der Waals surface area contributed by atoms with E-state index in [-0.39, 0.29) is 0 Å². The molecule has 0 saturated carbocycles. The Labute approximate surface area is 117 Å². The number of hydrogen-bond acceptors (Lipinski definition) is 4. The number of benzene rings is 1. The summed E-state index contributed by atoms with van der Waals surface area (Å²) in [6, 6.07) is 10.2. The minimum Gasteiger partial charge on any atom is -0.366 e. The number of nitrogens with zero attached hydrogens (tertiary/aromatic N) is 2. The summed E-state index contributed by atoms with van der Waals surface area (Å²) in [6.07, 6.45) is 0.900. The standard InChI is InChI=1S/C14H15ClN4/c15-14-18-12-6-7-16-9-11(12)13(19-14)17-8-10-4-2-1-3-5-10/h1-5,16H,6-9H2,(H,17,18,19). The molecule has 0 aliphatic carbocycles. The Hall–Kier alpha value is -1.65. The fourth-order valence-corrected chi connectivity index (χ4v) is 2.43. The van der Waals surface area contributed by atoms with Crippen molar-refractivity contribution in [2.75, 3.05) is 11.9 Å². The summed E-state index contributed by atoms with van der Waals surface area (Å²) in [4.78, 5) is 8.61. The predicted octanol–water partition coefficient (Wildman–Crippen LogP) is 2.39. The molecule has 0 atom stereocenters. The molecule has 1 aliphatic heterocycles. The van der Waals surface area contributed by atoms with Crippen molar-refractivity contribution in [2.45, 2.75) is 19.5 Å².